The molecule has 0 bridgehead atoms. The van der Waals surface area contributed by atoms with Gasteiger partial charge in [0.25, 0.3) is 0 Å². The maximum atomic E-state index is 14.1. The summed E-state index contributed by atoms with van der Waals surface area (Å²) in [6.45, 7) is -0.133. The largest absolute Gasteiger partial charge is 0.488 e. The van der Waals surface area contributed by atoms with Crippen molar-refractivity contribution in [2.24, 2.45) is 0 Å². The topological polar surface area (TPSA) is 59.4 Å². The average molecular weight is 476 g/mol. The minimum atomic E-state index is -1.10. The molecule has 0 aliphatic heterocycles. The van der Waals surface area contributed by atoms with E-state index in [2.05, 4.69) is 4.98 Å². The standard InChI is InChI=1S/C24H17Cl2F2NO3/c25-18-10-17(15-3-1-4-16(15)21-5-2-6-22(29-21)24(30)31)23(11-19(18)26)32-12-13-7-8-14(27)9-20(13)28/h2,5-11H,1,3-4,12H2,(H,30,31). The fourth-order valence-electron chi connectivity index (χ4n) is 3.72. The van der Waals surface area contributed by atoms with Gasteiger partial charge in [-0.3, -0.25) is 0 Å². The number of rotatable bonds is 6. The van der Waals surface area contributed by atoms with Crippen molar-refractivity contribution in [3.63, 3.8) is 0 Å². The van der Waals surface area contributed by atoms with Crippen molar-refractivity contribution >= 4 is 40.3 Å². The van der Waals surface area contributed by atoms with Gasteiger partial charge in [-0.1, -0.05) is 29.3 Å². The number of carbonyl (C=O) groups is 1. The molecular formula is C24H17Cl2F2NO3. The highest BCUT2D eigenvalue weighted by molar-refractivity contribution is 6.42. The SMILES string of the molecule is O=C(O)c1cccc(C2=C(c3cc(Cl)c(Cl)cc3OCc3ccc(F)cc3F)CCC2)n1. The minimum absolute atomic E-state index is 0.0429. The van der Waals surface area contributed by atoms with E-state index in [4.69, 9.17) is 27.9 Å². The van der Waals surface area contributed by atoms with E-state index in [1.165, 1.54) is 12.1 Å². The zero-order chi connectivity index (χ0) is 22.8. The van der Waals surface area contributed by atoms with Gasteiger partial charge in [-0.25, -0.2) is 18.6 Å². The van der Waals surface area contributed by atoms with Crippen LogP contribution in [0.25, 0.3) is 11.1 Å². The first kappa shape index (κ1) is 22.2. The molecule has 0 unspecified atom stereocenters. The normalized spacial score (nSPS) is 13.5. The van der Waals surface area contributed by atoms with Crippen molar-refractivity contribution in [2.45, 2.75) is 25.9 Å². The van der Waals surface area contributed by atoms with Crippen LogP contribution in [0.1, 0.15) is 46.6 Å². The molecule has 4 rings (SSSR count). The highest BCUT2D eigenvalue weighted by atomic mass is 35.5. The lowest BCUT2D eigenvalue weighted by atomic mass is 9.98. The summed E-state index contributed by atoms with van der Waals surface area (Å²) in [5.74, 6) is -2.08. The maximum absolute atomic E-state index is 14.1. The van der Waals surface area contributed by atoms with E-state index in [0.717, 1.165) is 29.7 Å². The lowest BCUT2D eigenvalue weighted by molar-refractivity contribution is 0.0690. The van der Waals surface area contributed by atoms with Crippen LogP contribution < -0.4 is 4.74 Å². The second kappa shape index (κ2) is 9.27. The Morgan fingerprint density at radius 3 is 2.53 bits per heavy atom. The molecule has 0 amide bonds. The molecule has 0 saturated carbocycles. The number of pyridine rings is 1. The molecule has 0 spiro atoms. The van der Waals surface area contributed by atoms with Crippen molar-refractivity contribution in [3.05, 3.63) is 92.7 Å². The fourth-order valence-corrected chi connectivity index (χ4v) is 4.04. The van der Waals surface area contributed by atoms with Gasteiger partial charge in [0, 0.05) is 23.3 Å². The fraction of sp³-hybridized carbons (Fsp3) is 0.167. The van der Waals surface area contributed by atoms with Crippen molar-refractivity contribution in [1.82, 2.24) is 4.98 Å². The van der Waals surface area contributed by atoms with Crippen LogP contribution >= 0.6 is 23.2 Å². The molecule has 1 heterocycles. The van der Waals surface area contributed by atoms with Gasteiger partial charge in [0.15, 0.2) is 0 Å². The molecule has 8 heteroatoms. The highest BCUT2D eigenvalue weighted by Crippen LogP contribution is 2.44. The van der Waals surface area contributed by atoms with E-state index >= 15 is 0 Å². The van der Waals surface area contributed by atoms with Crippen molar-refractivity contribution in [2.75, 3.05) is 0 Å². The van der Waals surface area contributed by atoms with E-state index < -0.39 is 17.6 Å². The Kier molecular flexibility index (Phi) is 6.44. The molecule has 1 aliphatic rings. The smallest absolute Gasteiger partial charge is 0.354 e. The second-order valence-electron chi connectivity index (χ2n) is 7.31. The second-order valence-corrected chi connectivity index (χ2v) is 8.13. The first-order valence-corrected chi connectivity index (χ1v) is 10.6. The van der Waals surface area contributed by atoms with Gasteiger partial charge in [-0.15, -0.1) is 0 Å². The minimum Gasteiger partial charge on any atom is -0.488 e. The molecule has 32 heavy (non-hydrogen) atoms. The van der Waals surface area contributed by atoms with Crippen LogP contribution in [-0.4, -0.2) is 16.1 Å². The van der Waals surface area contributed by atoms with Crippen LogP contribution in [-0.2, 0) is 6.61 Å². The quantitative estimate of drug-likeness (QED) is 0.415. The Hall–Kier alpha value is -2.96. The predicted octanol–water partition coefficient (Wildman–Crippen LogP) is 7.04. The molecular weight excluding hydrogens is 459 g/mol. The predicted molar refractivity (Wildman–Crippen MR) is 119 cm³/mol. The number of benzene rings is 2. The molecule has 0 atom stereocenters. The molecule has 3 aromatic rings. The van der Waals surface area contributed by atoms with Crippen molar-refractivity contribution < 1.29 is 23.4 Å². The summed E-state index contributed by atoms with van der Waals surface area (Å²) < 4.78 is 33.1. The van der Waals surface area contributed by atoms with Crippen LogP contribution in [0.2, 0.25) is 10.0 Å². The summed E-state index contributed by atoms with van der Waals surface area (Å²) in [5.41, 5.74) is 3.20. The molecule has 0 fully saturated rings. The molecule has 1 N–H and O–H groups in total. The maximum Gasteiger partial charge on any atom is 0.354 e. The van der Waals surface area contributed by atoms with Crippen LogP contribution in [0.3, 0.4) is 0 Å². The molecule has 1 aliphatic carbocycles. The van der Waals surface area contributed by atoms with Gasteiger partial charge in [0.1, 0.15) is 29.7 Å². The Morgan fingerprint density at radius 1 is 1.03 bits per heavy atom. The van der Waals surface area contributed by atoms with Crippen molar-refractivity contribution in [3.8, 4) is 5.75 Å². The summed E-state index contributed by atoms with van der Waals surface area (Å²) >= 11 is 12.5. The third kappa shape index (κ3) is 4.61. The van der Waals surface area contributed by atoms with Crippen LogP contribution in [0, 0.1) is 11.6 Å². The third-order valence-corrected chi connectivity index (χ3v) is 5.96. The Labute approximate surface area is 193 Å². The molecule has 164 valence electrons. The summed E-state index contributed by atoms with van der Waals surface area (Å²) in [4.78, 5) is 15.6. The number of allylic oxidation sites excluding steroid dienone is 2. The number of carboxylic acids is 1. The van der Waals surface area contributed by atoms with E-state index in [-0.39, 0.29) is 22.9 Å². The number of hydrogen-bond donors (Lipinski definition) is 1. The van der Waals surface area contributed by atoms with Gasteiger partial charge in [-0.2, -0.15) is 0 Å². The number of ether oxygens (including phenoxy) is 1. The Balaban J connectivity index is 1.75. The zero-order valence-corrected chi connectivity index (χ0v) is 18.2. The molecule has 1 aromatic heterocycles. The van der Waals surface area contributed by atoms with E-state index in [1.807, 2.05) is 0 Å². The number of nitrogens with zero attached hydrogens (tertiary/aromatic N) is 1. The number of carboxylic acid groups (broad SMARTS) is 1. The summed E-state index contributed by atoms with van der Waals surface area (Å²) in [6, 6.07) is 11.4. The van der Waals surface area contributed by atoms with E-state index in [9.17, 15) is 18.7 Å². The summed E-state index contributed by atoms with van der Waals surface area (Å²) in [7, 11) is 0. The Morgan fingerprint density at radius 2 is 1.78 bits per heavy atom. The van der Waals surface area contributed by atoms with Gasteiger partial charge in [-0.05, 0) is 60.7 Å². The molecule has 2 aromatic carbocycles. The number of halogens is 4. The van der Waals surface area contributed by atoms with Crippen LogP contribution in [0.15, 0.2) is 48.5 Å². The lowest BCUT2D eigenvalue weighted by Gasteiger charge is -2.16. The first-order valence-electron chi connectivity index (χ1n) is 9.82. The van der Waals surface area contributed by atoms with Gasteiger partial charge < -0.3 is 9.84 Å². The molecule has 0 radical (unpaired) electrons. The number of hydrogen-bond acceptors (Lipinski definition) is 3. The van der Waals surface area contributed by atoms with Gasteiger partial charge >= 0.3 is 5.97 Å². The van der Waals surface area contributed by atoms with Crippen LogP contribution in [0.4, 0.5) is 8.78 Å². The monoisotopic (exact) mass is 475 g/mol. The first-order chi connectivity index (χ1) is 15.3. The third-order valence-electron chi connectivity index (χ3n) is 5.24. The lowest BCUT2D eigenvalue weighted by Crippen LogP contribution is -2.03. The molecule has 4 nitrogen and oxygen atoms in total. The highest BCUT2D eigenvalue weighted by Gasteiger charge is 2.23. The van der Waals surface area contributed by atoms with E-state index in [1.54, 1.807) is 24.3 Å². The van der Waals surface area contributed by atoms with Gasteiger partial charge in [0.2, 0.25) is 0 Å². The van der Waals surface area contributed by atoms with Gasteiger partial charge in [0.05, 0.1) is 15.7 Å². The number of aromatic nitrogens is 1. The Bertz CT molecular complexity index is 1240. The number of aromatic carboxylic acids is 1. The average Bonchev–Trinajstić information content (AvgIpc) is 3.25. The molecule has 0 saturated heterocycles. The summed E-state index contributed by atoms with van der Waals surface area (Å²) in [5, 5.41) is 9.88. The zero-order valence-electron chi connectivity index (χ0n) is 16.7. The van der Waals surface area contributed by atoms with Crippen LogP contribution in [0.5, 0.6) is 5.75 Å². The van der Waals surface area contributed by atoms with E-state index in [0.29, 0.717) is 34.9 Å². The summed E-state index contributed by atoms with van der Waals surface area (Å²) in [6.07, 6.45) is 2.25. The van der Waals surface area contributed by atoms with Crippen molar-refractivity contribution in [1.29, 1.82) is 0 Å².